The van der Waals surface area contributed by atoms with Gasteiger partial charge in [0.2, 0.25) is 6.29 Å². The van der Waals surface area contributed by atoms with Gasteiger partial charge in [-0.15, -0.1) is 0 Å². The number of benzene rings is 1. The summed E-state index contributed by atoms with van der Waals surface area (Å²) in [5.41, 5.74) is 1.43. The summed E-state index contributed by atoms with van der Waals surface area (Å²) in [6, 6.07) is 8.65. The molecule has 2 aromatic heterocycles. The molecule has 4 rings (SSSR count). The second-order valence-electron chi connectivity index (χ2n) is 6.68. The molecule has 4 N–H and O–H groups in total. The number of aliphatic hydroxyl groups excluding tert-OH is 4. The third kappa shape index (κ3) is 3.80. The van der Waals surface area contributed by atoms with Crippen molar-refractivity contribution in [1.29, 1.82) is 0 Å². The molecule has 0 spiro atoms. The number of nitrogens with zero attached hydrogens (tertiary/aromatic N) is 2. The first-order valence-corrected chi connectivity index (χ1v) is 9.54. The monoisotopic (exact) mass is 440 g/mol. The van der Waals surface area contributed by atoms with Gasteiger partial charge >= 0.3 is 0 Å². The molecule has 154 valence electrons. The van der Waals surface area contributed by atoms with Gasteiger partial charge < -0.3 is 34.5 Å². The van der Waals surface area contributed by atoms with Crippen LogP contribution in [0.15, 0.2) is 42.7 Å². The molecule has 5 atom stereocenters. The van der Waals surface area contributed by atoms with Gasteiger partial charge in [0.1, 0.15) is 35.8 Å². The van der Waals surface area contributed by atoms with Crippen molar-refractivity contribution in [2.24, 2.45) is 0 Å². The molecule has 0 aliphatic carbocycles. The van der Waals surface area contributed by atoms with Crippen molar-refractivity contribution >= 4 is 34.2 Å². The molecule has 0 unspecified atom stereocenters. The maximum atomic E-state index is 10.1. The minimum atomic E-state index is -1.53. The van der Waals surface area contributed by atoms with Gasteiger partial charge in [-0.1, -0.05) is 23.2 Å². The van der Waals surface area contributed by atoms with Gasteiger partial charge in [0.05, 0.1) is 16.7 Å². The molecule has 8 nitrogen and oxygen atoms in total. The first-order chi connectivity index (χ1) is 13.9. The zero-order valence-corrected chi connectivity index (χ0v) is 16.4. The van der Waals surface area contributed by atoms with Crippen molar-refractivity contribution in [3.63, 3.8) is 0 Å². The van der Waals surface area contributed by atoms with Gasteiger partial charge in [0.25, 0.3) is 0 Å². The summed E-state index contributed by atoms with van der Waals surface area (Å²) < 4.78 is 12.8. The minimum Gasteiger partial charge on any atom is -0.460 e. The van der Waals surface area contributed by atoms with Crippen LogP contribution in [0.2, 0.25) is 10.0 Å². The Morgan fingerprint density at radius 1 is 1.07 bits per heavy atom. The van der Waals surface area contributed by atoms with Crippen LogP contribution in [0.3, 0.4) is 0 Å². The molecular weight excluding hydrogens is 423 g/mol. The molecule has 1 aliphatic heterocycles. The van der Waals surface area contributed by atoms with Gasteiger partial charge in [0, 0.05) is 23.5 Å². The molecule has 3 heterocycles. The fraction of sp³-hybridized carbons (Fsp3) is 0.316. The van der Waals surface area contributed by atoms with Gasteiger partial charge in [0.15, 0.2) is 0 Å². The van der Waals surface area contributed by atoms with Crippen LogP contribution in [0.4, 0.5) is 0 Å². The number of aromatic nitrogens is 2. The van der Waals surface area contributed by atoms with Gasteiger partial charge in [-0.2, -0.15) is 0 Å². The molecule has 1 fully saturated rings. The van der Waals surface area contributed by atoms with Crippen molar-refractivity contribution in [3.05, 3.63) is 52.8 Å². The summed E-state index contributed by atoms with van der Waals surface area (Å²) in [7, 11) is 0. The van der Waals surface area contributed by atoms with E-state index >= 15 is 0 Å². The number of aliphatic hydroxyl groups is 4. The third-order valence-corrected chi connectivity index (χ3v) is 5.28. The Morgan fingerprint density at radius 2 is 1.86 bits per heavy atom. The summed E-state index contributed by atoms with van der Waals surface area (Å²) >= 11 is 12.3. The number of ether oxygens (including phenoxy) is 2. The topological polar surface area (TPSA) is 117 Å². The molecule has 1 aliphatic rings. The Hall–Kier alpha value is -1.91. The van der Waals surface area contributed by atoms with E-state index in [4.69, 9.17) is 32.7 Å². The first kappa shape index (κ1) is 20.4. The van der Waals surface area contributed by atoms with E-state index in [2.05, 4.69) is 4.98 Å². The molecule has 1 aromatic carbocycles. The van der Waals surface area contributed by atoms with Crippen LogP contribution in [-0.2, 0) is 4.74 Å². The highest BCUT2D eigenvalue weighted by Crippen LogP contribution is 2.32. The molecule has 0 saturated carbocycles. The number of hydrogen-bond donors (Lipinski definition) is 4. The largest absolute Gasteiger partial charge is 0.460 e. The highest BCUT2D eigenvalue weighted by molar-refractivity contribution is 6.32. The second kappa shape index (κ2) is 8.08. The normalized spacial score (nSPS) is 27.3. The maximum Gasteiger partial charge on any atom is 0.229 e. The van der Waals surface area contributed by atoms with Crippen LogP contribution in [0, 0.1) is 0 Å². The molecule has 3 aromatic rings. The zero-order chi connectivity index (χ0) is 20.7. The van der Waals surface area contributed by atoms with E-state index in [0.29, 0.717) is 10.7 Å². The summed E-state index contributed by atoms with van der Waals surface area (Å²) in [6.45, 7) is -0.546. The van der Waals surface area contributed by atoms with E-state index in [0.717, 1.165) is 11.1 Å². The van der Waals surface area contributed by atoms with E-state index in [1.165, 1.54) is 0 Å². The maximum absolute atomic E-state index is 10.1. The SMILES string of the molecule is OC[C@H]1O[C@H](Oc2ccc(-n3ccc4cc(Cl)cnc43)cc2Cl)[C@@H](O)[C@@H](O)[C@@H]1O. The fourth-order valence-electron chi connectivity index (χ4n) is 3.23. The lowest BCUT2D eigenvalue weighted by Gasteiger charge is -2.39. The van der Waals surface area contributed by atoms with Crippen molar-refractivity contribution in [2.45, 2.75) is 30.7 Å². The highest BCUT2D eigenvalue weighted by atomic mass is 35.5. The van der Waals surface area contributed by atoms with Crippen LogP contribution in [0.5, 0.6) is 5.75 Å². The third-order valence-electron chi connectivity index (χ3n) is 4.78. The molecular formula is C19H18Cl2N2O6. The molecule has 1 saturated heterocycles. The Balaban J connectivity index is 1.59. The summed E-state index contributed by atoms with van der Waals surface area (Å²) in [5.74, 6) is 0.201. The van der Waals surface area contributed by atoms with Gasteiger partial charge in [-0.25, -0.2) is 4.98 Å². The Morgan fingerprint density at radius 3 is 2.59 bits per heavy atom. The van der Waals surface area contributed by atoms with Crippen molar-refractivity contribution < 1.29 is 29.9 Å². The summed E-state index contributed by atoms with van der Waals surface area (Å²) in [4.78, 5) is 4.33. The van der Waals surface area contributed by atoms with E-state index < -0.39 is 37.3 Å². The summed E-state index contributed by atoms with van der Waals surface area (Å²) in [5, 5.41) is 40.8. The standard InChI is InChI=1S/C19H18Cl2N2O6/c20-10-5-9-3-4-23(18(9)22-7-10)11-1-2-13(12(21)6-11)28-19-17(27)16(26)15(25)14(8-24)29-19/h1-7,14-17,19,24-27H,8H2/t14-,15-,16+,17+,19+/m1/s1. The average Bonchev–Trinajstić information content (AvgIpc) is 3.12. The Kier molecular flexibility index (Phi) is 5.67. The van der Waals surface area contributed by atoms with Crippen LogP contribution in [0.1, 0.15) is 0 Å². The number of hydrogen-bond acceptors (Lipinski definition) is 7. The lowest BCUT2D eigenvalue weighted by molar-refractivity contribution is -0.277. The zero-order valence-electron chi connectivity index (χ0n) is 14.9. The van der Waals surface area contributed by atoms with Crippen molar-refractivity contribution in [1.82, 2.24) is 9.55 Å². The van der Waals surface area contributed by atoms with Gasteiger partial charge in [-0.05, 0) is 30.3 Å². The lowest BCUT2D eigenvalue weighted by atomic mass is 9.99. The predicted octanol–water partition coefficient (Wildman–Crippen LogP) is 1.51. The van der Waals surface area contributed by atoms with Crippen LogP contribution in [-0.4, -0.2) is 67.3 Å². The van der Waals surface area contributed by atoms with E-state index in [9.17, 15) is 20.4 Å². The summed E-state index contributed by atoms with van der Waals surface area (Å²) in [6.07, 6.45) is -3.52. The van der Waals surface area contributed by atoms with E-state index in [1.54, 1.807) is 30.5 Å². The second-order valence-corrected chi connectivity index (χ2v) is 7.53. The lowest BCUT2D eigenvalue weighted by Crippen LogP contribution is -2.60. The molecule has 10 heteroatoms. The van der Waals surface area contributed by atoms with Crippen LogP contribution in [0.25, 0.3) is 16.7 Å². The average molecular weight is 441 g/mol. The molecule has 29 heavy (non-hydrogen) atoms. The van der Waals surface area contributed by atoms with Gasteiger partial charge in [-0.3, -0.25) is 0 Å². The van der Waals surface area contributed by atoms with E-state index in [-0.39, 0.29) is 10.8 Å². The number of pyridine rings is 1. The molecule has 0 amide bonds. The smallest absolute Gasteiger partial charge is 0.229 e. The minimum absolute atomic E-state index is 0.201. The number of halogens is 2. The predicted molar refractivity (Wildman–Crippen MR) is 105 cm³/mol. The molecule has 0 bridgehead atoms. The first-order valence-electron chi connectivity index (χ1n) is 8.78. The quantitative estimate of drug-likeness (QED) is 0.485. The highest BCUT2D eigenvalue weighted by Gasteiger charge is 2.44. The van der Waals surface area contributed by atoms with Crippen LogP contribution >= 0.6 is 23.2 Å². The van der Waals surface area contributed by atoms with E-state index in [1.807, 2.05) is 16.8 Å². The number of fused-ring (bicyclic) bond motifs is 1. The molecule has 0 radical (unpaired) electrons. The Labute approximate surface area is 175 Å². The fourth-order valence-corrected chi connectivity index (χ4v) is 3.62. The Bertz CT molecular complexity index is 1030. The van der Waals surface area contributed by atoms with Crippen molar-refractivity contribution in [2.75, 3.05) is 6.61 Å². The number of rotatable bonds is 4. The van der Waals surface area contributed by atoms with Crippen molar-refractivity contribution in [3.8, 4) is 11.4 Å². The van der Waals surface area contributed by atoms with Crippen LogP contribution < -0.4 is 4.74 Å².